The van der Waals surface area contributed by atoms with E-state index < -0.39 is 6.04 Å². The van der Waals surface area contributed by atoms with Gasteiger partial charge in [0.05, 0.1) is 30.5 Å². The van der Waals surface area contributed by atoms with Gasteiger partial charge in [0, 0.05) is 6.54 Å². The number of nitrogens with zero attached hydrogens (tertiary/aromatic N) is 2. The van der Waals surface area contributed by atoms with Gasteiger partial charge in [-0.15, -0.1) is 0 Å². The van der Waals surface area contributed by atoms with Crippen molar-refractivity contribution >= 4 is 11.8 Å². The zero-order valence-electron chi connectivity index (χ0n) is 16.7. The van der Waals surface area contributed by atoms with Crippen molar-refractivity contribution < 1.29 is 9.59 Å². The quantitative estimate of drug-likeness (QED) is 0.711. The summed E-state index contributed by atoms with van der Waals surface area (Å²) < 4.78 is 0. The van der Waals surface area contributed by atoms with Crippen LogP contribution < -0.4 is 11.1 Å². The molecule has 0 saturated carbocycles. The third-order valence-electron chi connectivity index (χ3n) is 5.25. The number of hydrogen-bond donors (Lipinski definition) is 3. The first-order valence-electron chi connectivity index (χ1n) is 9.81. The molecule has 2 heterocycles. The minimum atomic E-state index is -0.607. The van der Waals surface area contributed by atoms with E-state index in [4.69, 9.17) is 5.73 Å². The lowest BCUT2D eigenvalue weighted by Crippen LogP contribution is -2.47. The van der Waals surface area contributed by atoms with Crippen LogP contribution in [0.15, 0.2) is 30.5 Å². The second-order valence-corrected chi connectivity index (χ2v) is 7.78. The number of nitrogens with two attached hydrogens (primary N) is 1. The molecule has 0 spiro atoms. The van der Waals surface area contributed by atoms with Gasteiger partial charge in [0.1, 0.15) is 5.82 Å². The largest absolute Gasteiger partial charge is 0.346 e. The number of imidazole rings is 1. The standard InChI is InChI=1S/C21H29N5O2/c1-13(2)19(22)21(28)24-12-18(27)26-9-5-8-17(26)20-23-11-16(25-20)15-7-4-6-14(3)10-15/h4,6-7,10-11,13,17,19H,5,8-9,12,22H2,1-3H3,(H,23,25)(H,24,28)/t17?,19-/m0/s1. The van der Waals surface area contributed by atoms with Gasteiger partial charge in [-0.2, -0.15) is 0 Å². The Hall–Kier alpha value is -2.67. The SMILES string of the molecule is Cc1cccc(-c2cnc(C3CCCN3C(=O)CNC(=O)[C@@H](N)C(C)C)[nH]2)c1. The van der Waals surface area contributed by atoms with Gasteiger partial charge in [0.15, 0.2) is 0 Å². The number of aromatic nitrogens is 2. The minimum absolute atomic E-state index is 0.0257. The van der Waals surface area contributed by atoms with Crippen LogP contribution in [0, 0.1) is 12.8 Å². The van der Waals surface area contributed by atoms with Gasteiger partial charge in [0.2, 0.25) is 11.8 Å². The maximum Gasteiger partial charge on any atom is 0.242 e. The van der Waals surface area contributed by atoms with E-state index in [1.54, 1.807) is 4.90 Å². The lowest BCUT2D eigenvalue weighted by molar-refractivity contribution is -0.134. The second kappa shape index (κ2) is 8.56. The monoisotopic (exact) mass is 383 g/mol. The van der Waals surface area contributed by atoms with E-state index in [0.29, 0.717) is 6.54 Å². The smallest absolute Gasteiger partial charge is 0.242 e. The fraction of sp³-hybridized carbons (Fsp3) is 0.476. The van der Waals surface area contributed by atoms with Gasteiger partial charge in [-0.05, 0) is 37.3 Å². The van der Waals surface area contributed by atoms with E-state index >= 15 is 0 Å². The topological polar surface area (TPSA) is 104 Å². The molecule has 2 amide bonds. The molecule has 1 aromatic carbocycles. The molecule has 1 aliphatic rings. The Kier molecular flexibility index (Phi) is 6.14. The van der Waals surface area contributed by atoms with Crippen LogP contribution in [0.1, 0.15) is 44.1 Å². The van der Waals surface area contributed by atoms with Gasteiger partial charge in [-0.3, -0.25) is 9.59 Å². The first kappa shape index (κ1) is 20.1. The average molecular weight is 383 g/mol. The summed E-state index contributed by atoms with van der Waals surface area (Å²) in [6.45, 7) is 6.44. The molecule has 28 heavy (non-hydrogen) atoms. The molecule has 3 rings (SSSR count). The summed E-state index contributed by atoms with van der Waals surface area (Å²) in [7, 11) is 0. The van der Waals surface area contributed by atoms with Crippen LogP contribution in [0.4, 0.5) is 0 Å². The lowest BCUT2D eigenvalue weighted by Gasteiger charge is -2.24. The first-order valence-corrected chi connectivity index (χ1v) is 9.81. The molecule has 0 radical (unpaired) electrons. The number of rotatable bonds is 6. The number of H-pyrrole nitrogens is 1. The van der Waals surface area contributed by atoms with Crippen LogP contribution >= 0.6 is 0 Å². The number of hydrogen-bond acceptors (Lipinski definition) is 4. The number of benzene rings is 1. The Morgan fingerprint density at radius 3 is 2.89 bits per heavy atom. The summed E-state index contributed by atoms with van der Waals surface area (Å²) in [5.74, 6) is 0.407. The van der Waals surface area contributed by atoms with Crippen molar-refractivity contribution in [3.05, 3.63) is 41.9 Å². The van der Waals surface area contributed by atoms with E-state index in [2.05, 4.69) is 34.3 Å². The van der Waals surface area contributed by atoms with Crippen molar-refractivity contribution in [3.63, 3.8) is 0 Å². The van der Waals surface area contributed by atoms with Crippen LogP contribution in [-0.2, 0) is 9.59 Å². The summed E-state index contributed by atoms with van der Waals surface area (Å²) in [4.78, 5) is 34.4. The number of carbonyl (C=O) groups is 2. The predicted molar refractivity (Wildman–Crippen MR) is 108 cm³/mol. The van der Waals surface area contributed by atoms with E-state index in [-0.39, 0.29) is 30.3 Å². The van der Waals surface area contributed by atoms with E-state index in [1.807, 2.05) is 32.2 Å². The summed E-state index contributed by atoms with van der Waals surface area (Å²) in [6.07, 6.45) is 3.58. The molecule has 1 unspecified atom stereocenters. The number of aromatic amines is 1. The molecule has 2 atom stereocenters. The fourth-order valence-electron chi connectivity index (χ4n) is 3.50. The number of nitrogens with one attached hydrogen (secondary N) is 2. The summed E-state index contributed by atoms with van der Waals surface area (Å²) >= 11 is 0. The highest BCUT2D eigenvalue weighted by Gasteiger charge is 2.32. The first-order chi connectivity index (χ1) is 13.4. The molecule has 4 N–H and O–H groups in total. The molecule has 2 aromatic rings. The van der Waals surface area contributed by atoms with Crippen molar-refractivity contribution in [2.45, 2.75) is 45.7 Å². The van der Waals surface area contributed by atoms with Crippen molar-refractivity contribution in [2.24, 2.45) is 11.7 Å². The predicted octanol–water partition coefficient (Wildman–Crippen LogP) is 2.15. The molecule has 1 aliphatic heterocycles. The molecule has 0 bridgehead atoms. The Morgan fingerprint density at radius 2 is 2.18 bits per heavy atom. The maximum absolute atomic E-state index is 12.7. The van der Waals surface area contributed by atoms with Gasteiger partial charge in [-0.25, -0.2) is 4.98 Å². The van der Waals surface area contributed by atoms with Crippen LogP contribution in [0.25, 0.3) is 11.3 Å². The van der Waals surface area contributed by atoms with E-state index in [0.717, 1.165) is 29.9 Å². The van der Waals surface area contributed by atoms with Gasteiger partial charge in [0.25, 0.3) is 0 Å². The lowest BCUT2D eigenvalue weighted by atomic mass is 10.1. The van der Waals surface area contributed by atoms with E-state index in [9.17, 15) is 9.59 Å². The van der Waals surface area contributed by atoms with E-state index in [1.165, 1.54) is 5.56 Å². The average Bonchev–Trinajstić information content (AvgIpc) is 3.34. The highest BCUT2D eigenvalue weighted by molar-refractivity contribution is 5.87. The molecule has 1 fully saturated rings. The summed E-state index contributed by atoms with van der Waals surface area (Å²) in [6, 6.07) is 7.50. The molecule has 0 aliphatic carbocycles. The van der Waals surface area contributed by atoms with Crippen LogP contribution in [-0.4, -0.2) is 45.8 Å². The van der Waals surface area contributed by atoms with Gasteiger partial charge < -0.3 is 20.9 Å². The Balaban J connectivity index is 1.66. The zero-order valence-corrected chi connectivity index (χ0v) is 16.7. The third kappa shape index (κ3) is 4.42. The molecular weight excluding hydrogens is 354 g/mol. The number of carbonyl (C=O) groups excluding carboxylic acids is 2. The second-order valence-electron chi connectivity index (χ2n) is 7.78. The molecule has 7 nitrogen and oxygen atoms in total. The molecule has 1 aromatic heterocycles. The molecule has 150 valence electrons. The van der Waals surface area contributed by atoms with Crippen molar-refractivity contribution in [1.29, 1.82) is 0 Å². The third-order valence-corrected chi connectivity index (χ3v) is 5.25. The normalized spacial score (nSPS) is 17.8. The molecule has 7 heteroatoms. The molecular formula is C21H29N5O2. The van der Waals surface area contributed by atoms with Crippen molar-refractivity contribution in [1.82, 2.24) is 20.2 Å². The minimum Gasteiger partial charge on any atom is -0.346 e. The fourth-order valence-corrected chi connectivity index (χ4v) is 3.50. The van der Waals surface area contributed by atoms with Crippen LogP contribution in [0.5, 0.6) is 0 Å². The number of amides is 2. The van der Waals surface area contributed by atoms with Gasteiger partial charge in [-0.1, -0.05) is 37.6 Å². The zero-order chi connectivity index (χ0) is 20.3. The number of likely N-dealkylation sites (tertiary alicyclic amines) is 1. The van der Waals surface area contributed by atoms with Crippen LogP contribution in [0.2, 0.25) is 0 Å². The van der Waals surface area contributed by atoms with Crippen molar-refractivity contribution in [3.8, 4) is 11.3 Å². The maximum atomic E-state index is 12.7. The summed E-state index contributed by atoms with van der Waals surface area (Å²) in [5.41, 5.74) is 9.03. The Labute approximate surface area is 165 Å². The Bertz CT molecular complexity index is 845. The van der Waals surface area contributed by atoms with Crippen LogP contribution in [0.3, 0.4) is 0 Å². The van der Waals surface area contributed by atoms with Crippen molar-refractivity contribution in [2.75, 3.05) is 13.1 Å². The Morgan fingerprint density at radius 1 is 1.39 bits per heavy atom. The van der Waals surface area contributed by atoms with Gasteiger partial charge >= 0.3 is 0 Å². The highest BCUT2D eigenvalue weighted by Crippen LogP contribution is 2.31. The number of aryl methyl sites for hydroxylation is 1. The molecule has 1 saturated heterocycles. The summed E-state index contributed by atoms with van der Waals surface area (Å²) in [5, 5.41) is 2.66. The highest BCUT2D eigenvalue weighted by atomic mass is 16.2.